The fourth-order valence-electron chi connectivity index (χ4n) is 11.6. The van der Waals surface area contributed by atoms with Crippen LogP contribution in [0, 0.1) is 59.0 Å². The molecule has 0 saturated carbocycles. The van der Waals surface area contributed by atoms with Crippen LogP contribution in [0.2, 0.25) is 0 Å². The summed E-state index contributed by atoms with van der Waals surface area (Å²) in [5.74, 6) is -0.869. The zero-order valence-electron chi connectivity index (χ0n) is 67.8. The Labute approximate surface area is 700 Å². The third kappa shape index (κ3) is 23.1. The number of rotatable bonds is 20. The van der Waals surface area contributed by atoms with Gasteiger partial charge in [0.1, 0.15) is 46.5 Å². The quantitative estimate of drug-likeness (QED) is 0.0317. The van der Waals surface area contributed by atoms with Gasteiger partial charge in [-0.15, -0.1) is 11.8 Å². The first-order valence-corrected chi connectivity index (χ1v) is 39.0. The number of hydrogen-bond donors (Lipinski definition) is 10. The second kappa shape index (κ2) is 40.0. The fourth-order valence-corrected chi connectivity index (χ4v) is 12.2. The molecule has 11 heterocycles. The molecule has 0 bridgehead atoms. The predicted molar refractivity (Wildman–Crippen MR) is 452 cm³/mol. The number of aromatic nitrogens is 20. The van der Waals surface area contributed by atoms with E-state index in [2.05, 4.69) is 102 Å². The van der Waals surface area contributed by atoms with Crippen LogP contribution in [0.4, 0.5) is 42.3 Å². The first-order valence-electron chi connectivity index (χ1n) is 37.8. The number of H-pyrrole nitrogens is 5. The molecule has 0 unspecified atom stereocenters. The minimum atomic E-state index is -0.623. The van der Waals surface area contributed by atoms with Gasteiger partial charge in [-0.2, -0.15) is 48.9 Å². The van der Waals surface area contributed by atoms with Crippen LogP contribution >= 0.6 is 11.8 Å². The van der Waals surface area contributed by atoms with E-state index in [4.69, 9.17) is 4.42 Å². The number of aryl methyl sites for hydroxylation is 10. The van der Waals surface area contributed by atoms with Crippen LogP contribution in [0.3, 0.4) is 0 Å². The Morgan fingerprint density at radius 3 is 0.992 bits per heavy atom. The molecule has 4 aromatic carbocycles. The molecule has 0 radical (unpaired) electrons. The van der Waals surface area contributed by atoms with Crippen LogP contribution < -0.4 is 54.4 Å². The summed E-state index contributed by atoms with van der Waals surface area (Å²) in [6, 6.07) is 42.3. The van der Waals surface area contributed by atoms with Crippen LogP contribution in [-0.2, 0) is 25.7 Å². The van der Waals surface area contributed by atoms with Crippen molar-refractivity contribution in [2.24, 2.45) is 0 Å². The third-order valence-corrected chi connectivity index (χ3v) is 18.0. The smallest absolute Gasteiger partial charge is 0.292 e. The number of nitrogens with zero attached hydrogens (tertiary/aromatic N) is 15. The van der Waals surface area contributed by atoms with Gasteiger partial charge in [0.25, 0.3) is 57.3 Å². The molecule has 10 N–H and O–H groups in total. The molecule has 630 valence electrons. The van der Waals surface area contributed by atoms with Crippen molar-refractivity contribution in [3.8, 4) is 29.7 Å². The van der Waals surface area contributed by atoms with E-state index in [1.807, 2.05) is 59.1 Å². The monoisotopic (exact) mass is 1690 g/mol. The summed E-state index contributed by atoms with van der Waals surface area (Å²) in [5, 5.41) is 34.8. The maximum absolute atomic E-state index is 13.8. The number of carbonyl (C=O) groups is 5. The lowest BCUT2D eigenvalue weighted by Gasteiger charge is -2.10. The molecule has 0 aliphatic heterocycles. The van der Waals surface area contributed by atoms with Gasteiger partial charge in [-0.3, -0.25) is 72.9 Å². The highest BCUT2D eigenvalue weighted by molar-refractivity contribution is 7.98. The van der Waals surface area contributed by atoms with E-state index in [9.17, 15) is 61.1 Å². The lowest BCUT2D eigenvalue weighted by Crippen LogP contribution is -2.19. The number of aromatic amines is 5. The summed E-state index contributed by atoms with van der Waals surface area (Å²) in [6.45, 7) is 18.1. The van der Waals surface area contributed by atoms with E-state index in [-0.39, 0.29) is 91.7 Å². The SMILES string of the molecule is CCc1cc(=O)[nH]c(-n2nc(C)cc2NC(=O)c2cccc(F)c2)n1.CCc1cc(=O)[nH]c(-n2nc(C)cc2NC(=O)c2ccccc2F)n1.CCc1cc(=O)[nH]c(-n2nc(C)cc2NC(=O)c2ccccc2SC)n1.CCc1cc(=O)[nH]c(-n2nc(C)cc2NC(=O)c2ccco2)n1.Cc1cc(=O)[nH]c(-n2nc(C)cc2NC(=O)c2cccc(F)c2)n1. The highest BCUT2D eigenvalue weighted by Gasteiger charge is 2.23. The van der Waals surface area contributed by atoms with Crippen molar-refractivity contribution in [2.45, 2.75) is 99.8 Å². The fraction of sp³-hybridized carbons (Fsp3) is 0.181. The van der Waals surface area contributed by atoms with Gasteiger partial charge in [0.2, 0.25) is 29.7 Å². The summed E-state index contributed by atoms with van der Waals surface area (Å²) in [4.78, 5) is 156. The molecule has 123 heavy (non-hydrogen) atoms. The molecule has 15 rings (SSSR count). The molecule has 0 atom stereocenters. The van der Waals surface area contributed by atoms with Crippen LogP contribution in [0.15, 0.2) is 209 Å². The first kappa shape index (κ1) is 87.9. The number of carbonyl (C=O) groups excluding carboxylic acids is 5. The topological polar surface area (TPSA) is 476 Å². The molecule has 0 aliphatic carbocycles. The summed E-state index contributed by atoms with van der Waals surface area (Å²) in [5.41, 5.74) is 5.58. The summed E-state index contributed by atoms with van der Waals surface area (Å²) < 4.78 is 52.2. The standard InChI is InChI=1S/C18H19N5O2S.2C17H16FN5O2.C16H14FN5O2.C15H15N5O3/c1-4-12-10-16(24)21-18(19-12)23-15(9-11(2)22-23)20-17(25)13-7-5-6-8-14(13)26-3;1-3-13-9-15(24)21-17(19-13)23-14(7-10(2)22-23)20-16(25)11-5-4-6-12(18)8-11;1-3-11-9-15(24)21-17(19-11)23-14(8-10(2)22-23)20-16(25)12-6-4-5-7-13(12)18;1-9-7-14(23)20-16(18-9)22-13(6-10(2)21-22)19-15(24)11-4-3-5-12(17)8-11;1-3-10-8-13(21)18-15(16-10)20-12(7-9(2)19-20)17-14(22)11-5-4-6-23-11/h5-10H,4H2,1-3H3,(H,20,25)(H,19,21,24);2*4-9H,3H2,1-2H3,(H,20,25)(H,19,21,24);3-8H,1-2H3,(H,19,24)(H,18,20,23);4-8H,3H2,1-2H3,(H,17,22)(H,16,18,21). The molecule has 0 fully saturated rings. The van der Waals surface area contributed by atoms with E-state index in [1.54, 1.807) is 89.2 Å². The summed E-state index contributed by atoms with van der Waals surface area (Å²) in [7, 11) is 0. The number of thioether (sulfide) groups is 1. The number of hydrogen-bond acceptors (Lipinski definition) is 22. The van der Waals surface area contributed by atoms with E-state index in [0.717, 1.165) is 17.0 Å². The van der Waals surface area contributed by atoms with Crippen LogP contribution in [0.25, 0.3) is 29.7 Å². The maximum Gasteiger partial charge on any atom is 0.292 e. The van der Waals surface area contributed by atoms with Gasteiger partial charge in [0.05, 0.1) is 45.9 Å². The Hall–Kier alpha value is -15.9. The van der Waals surface area contributed by atoms with Gasteiger partial charge in [0.15, 0.2) is 5.76 Å². The molecular weight excluding hydrogens is 1610 g/mol. The Balaban J connectivity index is 0.000000150. The van der Waals surface area contributed by atoms with Crippen molar-refractivity contribution in [3.63, 3.8) is 0 Å². The van der Waals surface area contributed by atoms with Gasteiger partial charge < -0.3 is 31.0 Å². The Morgan fingerprint density at radius 2 is 0.667 bits per heavy atom. The largest absolute Gasteiger partial charge is 0.459 e. The number of amides is 5. The maximum atomic E-state index is 13.8. The van der Waals surface area contributed by atoms with Gasteiger partial charge in [-0.1, -0.05) is 64.1 Å². The van der Waals surface area contributed by atoms with Crippen molar-refractivity contribution in [1.82, 2.24) is 98.7 Å². The van der Waals surface area contributed by atoms with Crippen molar-refractivity contribution in [2.75, 3.05) is 32.8 Å². The normalized spacial score (nSPS) is 10.7. The summed E-state index contributed by atoms with van der Waals surface area (Å²) in [6.07, 6.45) is 5.74. The molecular formula is C83H80F3N25O11S. The molecule has 40 heteroatoms. The lowest BCUT2D eigenvalue weighted by molar-refractivity contribution is 0.0991. The van der Waals surface area contributed by atoms with Gasteiger partial charge >= 0.3 is 0 Å². The van der Waals surface area contributed by atoms with Crippen molar-refractivity contribution in [3.05, 3.63) is 330 Å². The molecule has 15 aromatic rings. The number of benzene rings is 4. The van der Waals surface area contributed by atoms with Crippen LogP contribution in [0.5, 0.6) is 0 Å². The average Bonchev–Trinajstić information content (AvgIpc) is 1.67. The summed E-state index contributed by atoms with van der Waals surface area (Å²) >= 11 is 1.50. The number of halogens is 3. The van der Waals surface area contributed by atoms with Crippen molar-refractivity contribution >= 4 is 70.4 Å². The molecule has 0 spiro atoms. The Kier molecular flexibility index (Phi) is 28.6. The minimum Gasteiger partial charge on any atom is -0.459 e. The van der Waals surface area contributed by atoms with Crippen molar-refractivity contribution in [1.29, 1.82) is 0 Å². The van der Waals surface area contributed by atoms with E-state index in [1.165, 1.54) is 126 Å². The van der Waals surface area contributed by atoms with E-state index < -0.39 is 41.1 Å². The third-order valence-electron chi connectivity index (χ3n) is 17.2. The van der Waals surface area contributed by atoms with Gasteiger partial charge in [-0.05, 0) is 146 Å². The minimum absolute atomic E-state index is 0.0864. The van der Waals surface area contributed by atoms with Crippen molar-refractivity contribution < 1.29 is 41.6 Å². The average molecular weight is 1690 g/mol. The van der Waals surface area contributed by atoms with E-state index >= 15 is 0 Å². The zero-order valence-corrected chi connectivity index (χ0v) is 68.6. The molecule has 0 aliphatic rings. The Morgan fingerprint density at radius 1 is 0.350 bits per heavy atom. The second-order valence-corrected chi connectivity index (χ2v) is 27.6. The van der Waals surface area contributed by atoms with Crippen LogP contribution in [-0.4, -0.2) is 135 Å². The van der Waals surface area contributed by atoms with E-state index in [0.29, 0.717) is 111 Å². The highest BCUT2D eigenvalue weighted by atomic mass is 32.2. The van der Waals surface area contributed by atoms with Crippen LogP contribution in [0.1, 0.15) is 137 Å². The number of nitrogens with one attached hydrogen (secondary N) is 10. The highest BCUT2D eigenvalue weighted by Crippen LogP contribution is 2.25. The molecule has 5 amide bonds. The van der Waals surface area contributed by atoms with Gasteiger partial charge in [0, 0.05) is 105 Å². The Bertz CT molecular complexity index is 6710. The molecule has 0 saturated heterocycles. The second-order valence-electron chi connectivity index (χ2n) is 26.7. The predicted octanol–water partition coefficient (Wildman–Crippen LogP) is 10.9. The zero-order chi connectivity index (χ0) is 88.3. The first-order chi connectivity index (χ1) is 58.9. The number of furan rings is 1. The van der Waals surface area contributed by atoms with Gasteiger partial charge in [-0.25, -0.2) is 38.1 Å². The number of anilines is 5. The molecule has 36 nitrogen and oxygen atoms in total. The lowest BCUT2D eigenvalue weighted by atomic mass is 10.2. The molecule has 11 aromatic heterocycles.